The normalized spacial score (nSPS) is 20.7. The van der Waals surface area contributed by atoms with Crippen molar-refractivity contribution in [3.8, 4) is 0 Å². The molecule has 0 bridgehead atoms. The van der Waals surface area contributed by atoms with Gasteiger partial charge >= 0.3 is 5.97 Å². The van der Waals surface area contributed by atoms with Gasteiger partial charge in [-0.15, -0.1) is 11.3 Å². The van der Waals surface area contributed by atoms with Crippen molar-refractivity contribution in [2.45, 2.75) is 43.9 Å². The molecule has 1 N–H and O–H groups in total. The van der Waals surface area contributed by atoms with Gasteiger partial charge in [0.15, 0.2) is 6.61 Å². The van der Waals surface area contributed by atoms with Crippen LogP contribution in [0.3, 0.4) is 0 Å². The molecule has 2 heterocycles. The molecule has 1 saturated heterocycles. The molecule has 1 fully saturated rings. The maximum atomic E-state index is 13.0. The average molecular weight is 467 g/mol. The zero-order valence-electron chi connectivity index (χ0n) is 17.6. The minimum absolute atomic E-state index is 0.000908. The van der Waals surface area contributed by atoms with Crippen LogP contribution in [0.1, 0.15) is 42.0 Å². The van der Waals surface area contributed by atoms with E-state index in [0.29, 0.717) is 0 Å². The lowest BCUT2D eigenvalue weighted by Crippen LogP contribution is -2.48. The maximum absolute atomic E-state index is 13.0. The van der Waals surface area contributed by atoms with Crippen LogP contribution in [0.2, 0.25) is 0 Å². The number of carbonyl (C=O) groups excluding carboxylic acids is 2. The van der Waals surface area contributed by atoms with Crippen LogP contribution in [-0.4, -0.2) is 56.5 Å². The number of nitrogens with zero attached hydrogens (tertiary/aromatic N) is 1. The third-order valence-corrected chi connectivity index (χ3v) is 7.66. The van der Waals surface area contributed by atoms with Gasteiger partial charge in [0.25, 0.3) is 5.91 Å². The van der Waals surface area contributed by atoms with Crippen LogP contribution < -0.4 is 5.32 Å². The van der Waals surface area contributed by atoms with E-state index >= 15 is 0 Å². The number of ether oxygens (including phenoxy) is 2. The summed E-state index contributed by atoms with van der Waals surface area (Å²) in [5.41, 5.74) is 0.0644. The molecule has 0 radical (unpaired) electrons. The summed E-state index contributed by atoms with van der Waals surface area (Å²) in [5, 5.41) is 4.67. The molecule has 168 valence electrons. The molecule has 3 rings (SSSR count). The van der Waals surface area contributed by atoms with Crippen LogP contribution in [0.5, 0.6) is 0 Å². The number of nitrogens with one attached hydrogen (secondary N) is 1. The first-order valence-corrected chi connectivity index (χ1v) is 12.2. The summed E-state index contributed by atoms with van der Waals surface area (Å²) in [7, 11) is -3.79. The fourth-order valence-electron chi connectivity index (χ4n) is 3.37. The molecule has 31 heavy (non-hydrogen) atoms. The van der Waals surface area contributed by atoms with Crippen molar-refractivity contribution in [2.24, 2.45) is 0 Å². The van der Waals surface area contributed by atoms with Crippen LogP contribution in [0.4, 0.5) is 0 Å². The van der Waals surface area contributed by atoms with Crippen LogP contribution in [0.15, 0.2) is 46.7 Å². The number of hydrogen-bond acceptors (Lipinski definition) is 7. The van der Waals surface area contributed by atoms with Crippen LogP contribution in [0.25, 0.3) is 0 Å². The number of thiophene rings is 1. The number of morpholine rings is 1. The second-order valence-corrected chi connectivity index (χ2v) is 10.4. The number of carbonyl (C=O) groups is 2. The van der Waals surface area contributed by atoms with E-state index in [1.54, 1.807) is 0 Å². The highest BCUT2D eigenvalue weighted by Gasteiger charge is 2.32. The Bertz CT molecular complexity index is 1010. The van der Waals surface area contributed by atoms with E-state index in [9.17, 15) is 18.0 Å². The molecule has 0 aliphatic carbocycles. The molecular weight excluding hydrogens is 440 g/mol. The van der Waals surface area contributed by atoms with Gasteiger partial charge in [0.05, 0.1) is 28.7 Å². The second kappa shape index (κ2) is 9.90. The lowest BCUT2D eigenvalue weighted by atomic mass is 10.2. The molecule has 3 unspecified atom stereocenters. The summed E-state index contributed by atoms with van der Waals surface area (Å²) in [4.78, 5) is 25.5. The molecular formula is C21H26N2O6S2. The number of benzene rings is 1. The maximum Gasteiger partial charge on any atom is 0.338 e. The Hall–Kier alpha value is -2.27. The summed E-state index contributed by atoms with van der Waals surface area (Å²) in [5.74, 6) is -1.20. The summed E-state index contributed by atoms with van der Waals surface area (Å²) in [6.07, 6.45) is -0.441. The molecule has 1 aromatic carbocycles. The molecule has 8 nitrogen and oxygen atoms in total. The van der Waals surface area contributed by atoms with E-state index in [1.807, 2.05) is 38.3 Å². The fourth-order valence-corrected chi connectivity index (χ4v) is 5.74. The smallest absolute Gasteiger partial charge is 0.338 e. The fraction of sp³-hybridized carbons (Fsp3) is 0.429. The zero-order valence-corrected chi connectivity index (χ0v) is 19.2. The van der Waals surface area contributed by atoms with Crippen molar-refractivity contribution in [3.63, 3.8) is 0 Å². The Morgan fingerprint density at radius 2 is 1.94 bits per heavy atom. The number of sulfonamides is 1. The number of amides is 1. The molecule has 0 saturated carbocycles. The highest BCUT2D eigenvalue weighted by molar-refractivity contribution is 7.89. The minimum atomic E-state index is -3.79. The lowest BCUT2D eigenvalue weighted by Gasteiger charge is -2.34. The number of esters is 1. The monoisotopic (exact) mass is 466 g/mol. The Morgan fingerprint density at radius 3 is 2.58 bits per heavy atom. The van der Waals surface area contributed by atoms with E-state index in [4.69, 9.17) is 9.47 Å². The van der Waals surface area contributed by atoms with Crippen LogP contribution in [-0.2, 0) is 24.3 Å². The van der Waals surface area contributed by atoms with E-state index in [0.717, 1.165) is 4.88 Å². The average Bonchev–Trinajstić information content (AvgIpc) is 3.26. The van der Waals surface area contributed by atoms with Crippen molar-refractivity contribution < 1.29 is 27.5 Å². The van der Waals surface area contributed by atoms with Gasteiger partial charge < -0.3 is 14.8 Å². The number of hydrogen-bond donors (Lipinski definition) is 1. The Balaban J connectivity index is 1.62. The molecule has 1 aliphatic rings. The first-order chi connectivity index (χ1) is 14.7. The molecule has 1 aliphatic heterocycles. The summed E-state index contributed by atoms with van der Waals surface area (Å²) < 4.78 is 38.0. The van der Waals surface area contributed by atoms with Gasteiger partial charge in [0.1, 0.15) is 0 Å². The van der Waals surface area contributed by atoms with E-state index in [-0.39, 0.29) is 41.8 Å². The van der Waals surface area contributed by atoms with E-state index < -0.39 is 28.5 Å². The predicted molar refractivity (Wildman–Crippen MR) is 116 cm³/mol. The Morgan fingerprint density at radius 1 is 1.23 bits per heavy atom. The Labute approximate surface area is 186 Å². The largest absolute Gasteiger partial charge is 0.452 e. The third-order valence-electron chi connectivity index (χ3n) is 4.78. The molecule has 1 amide bonds. The molecule has 0 spiro atoms. The van der Waals surface area contributed by atoms with Gasteiger partial charge in [0, 0.05) is 18.0 Å². The van der Waals surface area contributed by atoms with E-state index in [1.165, 1.54) is 39.9 Å². The third kappa shape index (κ3) is 5.91. The molecule has 3 atom stereocenters. The highest BCUT2D eigenvalue weighted by atomic mass is 32.2. The summed E-state index contributed by atoms with van der Waals surface area (Å²) in [6, 6.07) is 9.25. The highest BCUT2D eigenvalue weighted by Crippen LogP contribution is 2.22. The van der Waals surface area contributed by atoms with Crippen molar-refractivity contribution in [1.29, 1.82) is 0 Å². The Kier molecular flexibility index (Phi) is 7.47. The zero-order chi connectivity index (χ0) is 22.6. The molecule has 1 aromatic heterocycles. The second-order valence-electron chi connectivity index (χ2n) is 7.49. The van der Waals surface area contributed by atoms with Crippen molar-refractivity contribution in [1.82, 2.24) is 9.62 Å². The van der Waals surface area contributed by atoms with Gasteiger partial charge in [0.2, 0.25) is 10.0 Å². The predicted octanol–water partition coefficient (Wildman–Crippen LogP) is 2.58. The topological polar surface area (TPSA) is 102 Å². The summed E-state index contributed by atoms with van der Waals surface area (Å²) >= 11 is 1.52. The minimum Gasteiger partial charge on any atom is -0.452 e. The van der Waals surface area contributed by atoms with E-state index in [2.05, 4.69) is 5.32 Å². The number of rotatable bonds is 7. The van der Waals surface area contributed by atoms with Gasteiger partial charge in [-0.1, -0.05) is 12.1 Å². The first kappa shape index (κ1) is 23.4. The molecule has 2 aromatic rings. The lowest BCUT2D eigenvalue weighted by molar-refractivity contribution is -0.124. The standard InChI is InChI=1S/C21H26N2O6S2/c1-14-11-23(12-15(2)29-14)31(26,27)18-7-4-6-17(10-18)21(25)28-13-20(24)22-16(3)19-8-5-9-30-19/h4-10,14-16H,11-13H2,1-3H3,(H,22,24). The first-order valence-electron chi connectivity index (χ1n) is 9.92. The molecule has 10 heteroatoms. The van der Waals surface area contributed by atoms with Crippen molar-refractivity contribution >= 4 is 33.2 Å². The van der Waals surface area contributed by atoms with Crippen LogP contribution >= 0.6 is 11.3 Å². The summed E-state index contributed by atoms with van der Waals surface area (Å²) in [6.45, 7) is 5.50. The van der Waals surface area contributed by atoms with Gasteiger partial charge in [-0.3, -0.25) is 4.79 Å². The SMILES string of the molecule is CC1CN(S(=O)(=O)c2cccc(C(=O)OCC(=O)NC(C)c3cccs3)c2)CC(C)O1. The van der Waals surface area contributed by atoms with Gasteiger partial charge in [-0.25, -0.2) is 13.2 Å². The van der Waals surface area contributed by atoms with Gasteiger partial charge in [-0.05, 0) is 50.4 Å². The van der Waals surface area contributed by atoms with Crippen molar-refractivity contribution in [2.75, 3.05) is 19.7 Å². The van der Waals surface area contributed by atoms with Gasteiger partial charge in [-0.2, -0.15) is 4.31 Å². The van der Waals surface area contributed by atoms with Crippen LogP contribution in [0, 0.1) is 0 Å². The quantitative estimate of drug-likeness (QED) is 0.630. The van der Waals surface area contributed by atoms with Crippen molar-refractivity contribution in [3.05, 3.63) is 52.2 Å².